The van der Waals surface area contributed by atoms with Crippen LogP contribution < -0.4 is 11.1 Å². The van der Waals surface area contributed by atoms with Crippen LogP contribution in [0.2, 0.25) is 5.02 Å². The largest absolute Gasteiger partial charge is 0.370 e. The number of likely N-dealkylation sites (tertiary alicyclic amines) is 1. The van der Waals surface area contributed by atoms with Gasteiger partial charge in [0.2, 0.25) is 5.91 Å². The maximum absolute atomic E-state index is 11.2. The Bertz CT molecular complexity index is 588. The molecule has 1 saturated heterocycles. The minimum atomic E-state index is -0.219. The van der Waals surface area contributed by atoms with Gasteiger partial charge in [-0.15, -0.1) is 0 Å². The zero-order chi connectivity index (χ0) is 18.2. The molecule has 1 aromatic rings. The summed E-state index contributed by atoms with van der Waals surface area (Å²) in [6.45, 7) is 4.81. The number of piperidine rings is 1. The first-order chi connectivity index (χ1) is 12.0. The van der Waals surface area contributed by atoms with Gasteiger partial charge >= 0.3 is 0 Å². The molecule has 0 spiro atoms. The molecule has 6 heteroatoms. The lowest BCUT2D eigenvalue weighted by Crippen LogP contribution is -2.48. The van der Waals surface area contributed by atoms with Crippen molar-refractivity contribution in [2.24, 2.45) is 16.6 Å². The van der Waals surface area contributed by atoms with Gasteiger partial charge in [0, 0.05) is 44.0 Å². The van der Waals surface area contributed by atoms with Crippen molar-refractivity contribution in [3.05, 3.63) is 34.9 Å². The fourth-order valence-corrected chi connectivity index (χ4v) is 3.61. The lowest BCUT2D eigenvalue weighted by Gasteiger charge is -2.35. The number of primary amides is 1. The monoisotopic (exact) mass is 364 g/mol. The molecule has 2 atom stereocenters. The SMILES string of the molecule is CCC(CNC(=NC)N1CCCC(CC(N)=O)C1)c1ccc(Cl)cc1. The van der Waals surface area contributed by atoms with E-state index in [2.05, 4.69) is 34.3 Å². The molecular formula is C19H29ClN4O. The molecule has 0 radical (unpaired) electrons. The molecule has 138 valence electrons. The summed E-state index contributed by atoms with van der Waals surface area (Å²) in [4.78, 5) is 17.9. The summed E-state index contributed by atoms with van der Waals surface area (Å²) in [7, 11) is 1.81. The van der Waals surface area contributed by atoms with Gasteiger partial charge in [0.25, 0.3) is 0 Å². The van der Waals surface area contributed by atoms with Crippen molar-refractivity contribution in [1.82, 2.24) is 10.2 Å². The van der Waals surface area contributed by atoms with E-state index < -0.39 is 0 Å². The Morgan fingerprint density at radius 3 is 2.76 bits per heavy atom. The molecule has 2 unspecified atom stereocenters. The second kappa shape index (κ2) is 9.66. The van der Waals surface area contributed by atoms with E-state index >= 15 is 0 Å². The highest BCUT2D eigenvalue weighted by atomic mass is 35.5. The number of hydrogen-bond acceptors (Lipinski definition) is 2. The van der Waals surface area contributed by atoms with Crippen molar-refractivity contribution in [3.63, 3.8) is 0 Å². The Morgan fingerprint density at radius 1 is 1.44 bits per heavy atom. The Balaban J connectivity index is 1.94. The van der Waals surface area contributed by atoms with Crippen LogP contribution in [0.25, 0.3) is 0 Å². The predicted molar refractivity (Wildman–Crippen MR) is 104 cm³/mol. The lowest BCUT2D eigenvalue weighted by molar-refractivity contribution is -0.119. The third-order valence-electron chi connectivity index (χ3n) is 4.86. The number of benzene rings is 1. The van der Waals surface area contributed by atoms with Gasteiger partial charge in [-0.1, -0.05) is 30.7 Å². The molecule has 2 rings (SSSR count). The van der Waals surface area contributed by atoms with E-state index in [1.54, 1.807) is 0 Å². The highest BCUT2D eigenvalue weighted by Gasteiger charge is 2.24. The first-order valence-electron chi connectivity index (χ1n) is 9.02. The molecule has 0 saturated carbocycles. The first kappa shape index (κ1) is 19.6. The number of halogens is 1. The van der Waals surface area contributed by atoms with E-state index in [1.807, 2.05) is 19.2 Å². The molecule has 1 aliphatic rings. The van der Waals surface area contributed by atoms with Crippen molar-refractivity contribution in [2.75, 3.05) is 26.7 Å². The number of nitrogens with zero attached hydrogens (tertiary/aromatic N) is 2. The molecule has 25 heavy (non-hydrogen) atoms. The van der Waals surface area contributed by atoms with Crippen LogP contribution in [-0.4, -0.2) is 43.4 Å². The predicted octanol–water partition coefficient (Wildman–Crippen LogP) is 3.00. The molecular weight excluding hydrogens is 336 g/mol. The fourth-order valence-electron chi connectivity index (χ4n) is 3.49. The molecule has 0 aliphatic carbocycles. The Hall–Kier alpha value is -1.75. The second-order valence-electron chi connectivity index (χ2n) is 6.71. The minimum Gasteiger partial charge on any atom is -0.370 e. The molecule has 1 aliphatic heterocycles. The van der Waals surface area contributed by atoms with Gasteiger partial charge < -0.3 is 16.0 Å². The summed E-state index contributed by atoms with van der Waals surface area (Å²) in [6.07, 6.45) is 3.61. The van der Waals surface area contributed by atoms with Crippen molar-refractivity contribution < 1.29 is 4.79 Å². The van der Waals surface area contributed by atoms with Crippen molar-refractivity contribution in [3.8, 4) is 0 Å². The van der Waals surface area contributed by atoms with Crippen molar-refractivity contribution in [1.29, 1.82) is 0 Å². The molecule has 3 N–H and O–H groups in total. The van der Waals surface area contributed by atoms with Crippen LogP contribution >= 0.6 is 11.6 Å². The van der Waals surface area contributed by atoms with Crippen LogP contribution in [0, 0.1) is 5.92 Å². The number of aliphatic imine (C=N–C) groups is 1. The maximum Gasteiger partial charge on any atom is 0.217 e. The smallest absolute Gasteiger partial charge is 0.217 e. The number of rotatable bonds is 6. The fraction of sp³-hybridized carbons (Fsp3) is 0.579. The van der Waals surface area contributed by atoms with Gasteiger partial charge in [0.05, 0.1) is 0 Å². The molecule has 0 aromatic heterocycles. The number of nitrogens with two attached hydrogens (primary N) is 1. The number of carbonyl (C=O) groups excluding carboxylic acids is 1. The van der Waals surface area contributed by atoms with Gasteiger partial charge in [-0.05, 0) is 42.9 Å². The van der Waals surface area contributed by atoms with E-state index in [4.69, 9.17) is 17.3 Å². The number of amides is 1. The van der Waals surface area contributed by atoms with Gasteiger partial charge in [-0.25, -0.2) is 0 Å². The van der Waals surface area contributed by atoms with E-state index in [9.17, 15) is 4.79 Å². The summed E-state index contributed by atoms with van der Waals surface area (Å²) in [6, 6.07) is 8.05. The quantitative estimate of drug-likeness (QED) is 0.602. The van der Waals surface area contributed by atoms with Crippen LogP contribution in [0.15, 0.2) is 29.3 Å². The third-order valence-corrected chi connectivity index (χ3v) is 5.11. The number of guanidine groups is 1. The average molecular weight is 365 g/mol. The van der Waals surface area contributed by atoms with Gasteiger partial charge in [-0.2, -0.15) is 0 Å². The first-order valence-corrected chi connectivity index (χ1v) is 9.40. The molecule has 1 heterocycles. The Labute approximate surface area is 155 Å². The van der Waals surface area contributed by atoms with Crippen LogP contribution in [0.5, 0.6) is 0 Å². The standard InChI is InChI=1S/C19H29ClN4O/c1-3-15(16-6-8-17(20)9-7-16)12-23-19(22-2)24-10-4-5-14(13-24)11-18(21)25/h6-9,14-15H,3-5,10-13H2,1-2H3,(H2,21,25)(H,22,23). The molecule has 1 aromatic carbocycles. The molecule has 5 nitrogen and oxygen atoms in total. The van der Waals surface area contributed by atoms with Gasteiger partial charge in [-0.3, -0.25) is 9.79 Å². The van der Waals surface area contributed by atoms with E-state index in [0.29, 0.717) is 18.3 Å². The van der Waals surface area contributed by atoms with Crippen LogP contribution in [0.1, 0.15) is 44.1 Å². The van der Waals surface area contributed by atoms with Crippen molar-refractivity contribution in [2.45, 2.75) is 38.5 Å². The van der Waals surface area contributed by atoms with E-state index in [-0.39, 0.29) is 5.91 Å². The molecule has 1 amide bonds. The van der Waals surface area contributed by atoms with Gasteiger partial charge in [0.15, 0.2) is 5.96 Å². The zero-order valence-corrected chi connectivity index (χ0v) is 15.9. The average Bonchev–Trinajstić information content (AvgIpc) is 2.60. The number of hydrogen-bond donors (Lipinski definition) is 2. The second-order valence-corrected chi connectivity index (χ2v) is 7.15. The maximum atomic E-state index is 11.2. The van der Waals surface area contributed by atoms with E-state index in [0.717, 1.165) is 49.9 Å². The Kier molecular flexibility index (Phi) is 7.56. The minimum absolute atomic E-state index is 0.219. The number of carbonyl (C=O) groups is 1. The summed E-state index contributed by atoms with van der Waals surface area (Å²) >= 11 is 5.99. The van der Waals surface area contributed by atoms with E-state index in [1.165, 1.54) is 5.56 Å². The summed E-state index contributed by atoms with van der Waals surface area (Å²) < 4.78 is 0. The highest BCUT2D eigenvalue weighted by molar-refractivity contribution is 6.30. The van der Waals surface area contributed by atoms with Crippen LogP contribution in [0.4, 0.5) is 0 Å². The van der Waals surface area contributed by atoms with Gasteiger partial charge in [0.1, 0.15) is 0 Å². The zero-order valence-electron chi connectivity index (χ0n) is 15.2. The summed E-state index contributed by atoms with van der Waals surface area (Å²) in [5.74, 6) is 1.41. The summed E-state index contributed by atoms with van der Waals surface area (Å²) in [5.41, 5.74) is 6.63. The third kappa shape index (κ3) is 5.92. The molecule has 1 fully saturated rings. The topological polar surface area (TPSA) is 70.7 Å². The highest BCUT2D eigenvalue weighted by Crippen LogP contribution is 2.22. The van der Waals surface area contributed by atoms with Crippen molar-refractivity contribution >= 4 is 23.5 Å². The Morgan fingerprint density at radius 2 is 2.16 bits per heavy atom. The number of nitrogens with one attached hydrogen (secondary N) is 1. The van der Waals surface area contributed by atoms with Crippen LogP contribution in [0.3, 0.4) is 0 Å². The van der Waals surface area contributed by atoms with Crippen LogP contribution in [-0.2, 0) is 4.79 Å². The normalized spacial score (nSPS) is 19.6. The summed E-state index contributed by atoms with van der Waals surface area (Å²) in [5, 5.41) is 4.26. The lowest BCUT2D eigenvalue weighted by atomic mass is 9.94. The molecule has 0 bridgehead atoms.